The monoisotopic (exact) mass is 383 g/mol. The van der Waals surface area contributed by atoms with E-state index in [1.165, 1.54) is 18.3 Å². The molecule has 27 heavy (non-hydrogen) atoms. The first-order chi connectivity index (χ1) is 13.0. The van der Waals surface area contributed by atoms with Gasteiger partial charge in [0.05, 0.1) is 23.4 Å². The Bertz CT molecular complexity index is 988. The molecule has 8 nitrogen and oxygen atoms in total. The Balaban J connectivity index is 1.79. The van der Waals surface area contributed by atoms with Gasteiger partial charge in [0, 0.05) is 17.7 Å². The van der Waals surface area contributed by atoms with E-state index in [0.29, 0.717) is 17.1 Å². The van der Waals surface area contributed by atoms with Crippen molar-refractivity contribution < 1.29 is 14.4 Å². The zero-order valence-corrected chi connectivity index (χ0v) is 15.2. The van der Waals surface area contributed by atoms with Gasteiger partial charge in [-0.15, -0.1) is 11.3 Å². The van der Waals surface area contributed by atoms with Crippen LogP contribution >= 0.6 is 11.3 Å². The fourth-order valence-electron chi connectivity index (χ4n) is 2.40. The van der Waals surface area contributed by atoms with Crippen LogP contribution in [-0.4, -0.2) is 29.3 Å². The third-order valence-electron chi connectivity index (χ3n) is 3.62. The molecule has 0 aliphatic carbocycles. The van der Waals surface area contributed by atoms with Crippen molar-refractivity contribution in [1.82, 2.24) is 15.7 Å². The Labute approximate surface area is 159 Å². The molecule has 0 atom stereocenters. The van der Waals surface area contributed by atoms with Crippen molar-refractivity contribution in [2.45, 2.75) is 6.92 Å². The zero-order chi connectivity index (χ0) is 19.2. The molecule has 0 aliphatic rings. The van der Waals surface area contributed by atoms with Crippen LogP contribution in [0.2, 0.25) is 0 Å². The SMILES string of the molecule is CC(=O)NCC(=O)Nc1cc(NNC(=O)c2cscn2)cc2ccccc12. The third kappa shape index (κ3) is 4.79. The van der Waals surface area contributed by atoms with Gasteiger partial charge in [-0.2, -0.15) is 0 Å². The highest BCUT2D eigenvalue weighted by atomic mass is 32.1. The summed E-state index contributed by atoms with van der Waals surface area (Å²) in [5, 5.41) is 8.59. The van der Waals surface area contributed by atoms with Crippen molar-refractivity contribution in [3.63, 3.8) is 0 Å². The van der Waals surface area contributed by atoms with Gasteiger partial charge in [-0.3, -0.25) is 25.2 Å². The molecule has 0 unspecified atom stereocenters. The van der Waals surface area contributed by atoms with Crippen LogP contribution in [0, 0.1) is 0 Å². The number of benzene rings is 2. The highest BCUT2D eigenvalue weighted by molar-refractivity contribution is 7.07. The zero-order valence-electron chi connectivity index (χ0n) is 14.4. The predicted octanol–water partition coefficient (Wildman–Crippen LogP) is 2.13. The summed E-state index contributed by atoms with van der Waals surface area (Å²) < 4.78 is 0. The maximum atomic E-state index is 12.1. The minimum absolute atomic E-state index is 0.123. The van der Waals surface area contributed by atoms with Crippen LogP contribution in [0.3, 0.4) is 0 Å². The maximum Gasteiger partial charge on any atom is 0.289 e. The Morgan fingerprint density at radius 1 is 1.15 bits per heavy atom. The molecular weight excluding hydrogens is 366 g/mol. The number of thiazole rings is 1. The van der Waals surface area contributed by atoms with Crippen LogP contribution in [0.25, 0.3) is 10.8 Å². The van der Waals surface area contributed by atoms with Crippen LogP contribution < -0.4 is 21.5 Å². The smallest absolute Gasteiger partial charge is 0.289 e. The van der Waals surface area contributed by atoms with E-state index in [-0.39, 0.29) is 24.3 Å². The van der Waals surface area contributed by atoms with E-state index >= 15 is 0 Å². The molecule has 0 aliphatic heterocycles. The number of nitrogens with one attached hydrogen (secondary N) is 4. The van der Waals surface area contributed by atoms with Crippen LogP contribution in [0.15, 0.2) is 47.3 Å². The summed E-state index contributed by atoms with van der Waals surface area (Å²) in [7, 11) is 0. The lowest BCUT2D eigenvalue weighted by atomic mass is 10.1. The molecule has 3 rings (SSSR count). The Hall–Kier alpha value is -3.46. The molecule has 138 valence electrons. The van der Waals surface area contributed by atoms with E-state index in [0.717, 1.165) is 10.8 Å². The lowest BCUT2D eigenvalue weighted by Crippen LogP contribution is -2.31. The second-order valence-corrected chi connectivity index (χ2v) is 6.37. The number of hydrogen-bond donors (Lipinski definition) is 4. The van der Waals surface area contributed by atoms with Crippen molar-refractivity contribution in [3.05, 3.63) is 53.0 Å². The summed E-state index contributed by atoms with van der Waals surface area (Å²) in [5.41, 5.74) is 8.45. The summed E-state index contributed by atoms with van der Waals surface area (Å²) in [5.74, 6) is -0.991. The van der Waals surface area contributed by atoms with Crippen LogP contribution in [0.4, 0.5) is 11.4 Å². The van der Waals surface area contributed by atoms with E-state index in [2.05, 4.69) is 26.5 Å². The number of hydrazine groups is 1. The molecular formula is C18H17N5O3S. The van der Waals surface area contributed by atoms with E-state index in [4.69, 9.17) is 0 Å². The molecule has 0 fully saturated rings. The molecule has 0 saturated heterocycles. The van der Waals surface area contributed by atoms with Crippen molar-refractivity contribution in [2.24, 2.45) is 0 Å². The molecule has 2 aromatic carbocycles. The lowest BCUT2D eigenvalue weighted by Gasteiger charge is -2.13. The van der Waals surface area contributed by atoms with Crippen molar-refractivity contribution in [2.75, 3.05) is 17.3 Å². The highest BCUT2D eigenvalue weighted by Gasteiger charge is 2.10. The van der Waals surface area contributed by atoms with Crippen LogP contribution in [0.1, 0.15) is 17.4 Å². The Morgan fingerprint density at radius 2 is 1.96 bits per heavy atom. The van der Waals surface area contributed by atoms with Gasteiger partial charge < -0.3 is 10.6 Å². The van der Waals surface area contributed by atoms with E-state index < -0.39 is 0 Å². The molecule has 3 aromatic rings. The number of nitrogens with zero attached hydrogens (tertiary/aromatic N) is 1. The second-order valence-electron chi connectivity index (χ2n) is 5.66. The van der Waals surface area contributed by atoms with Gasteiger partial charge in [-0.05, 0) is 17.5 Å². The number of amides is 3. The normalized spacial score (nSPS) is 10.3. The quantitative estimate of drug-likeness (QED) is 0.487. The highest BCUT2D eigenvalue weighted by Crippen LogP contribution is 2.27. The van der Waals surface area contributed by atoms with E-state index in [1.807, 2.05) is 30.3 Å². The van der Waals surface area contributed by atoms with Gasteiger partial charge in [0.25, 0.3) is 5.91 Å². The molecule has 1 heterocycles. The van der Waals surface area contributed by atoms with Gasteiger partial charge in [0.2, 0.25) is 11.8 Å². The number of rotatable bonds is 6. The van der Waals surface area contributed by atoms with Gasteiger partial charge in [-0.25, -0.2) is 4.98 Å². The minimum atomic E-state index is -0.361. The van der Waals surface area contributed by atoms with E-state index in [9.17, 15) is 14.4 Å². The summed E-state index contributed by atoms with van der Waals surface area (Å²) >= 11 is 1.33. The molecule has 0 spiro atoms. The number of fused-ring (bicyclic) bond motifs is 1. The fraction of sp³-hybridized carbons (Fsp3) is 0.111. The molecule has 9 heteroatoms. The number of carbonyl (C=O) groups is 3. The number of carbonyl (C=O) groups excluding carboxylic acids is 3. The topological polar surface area (TPSA) is 112 Å². The number of aromatic nitrogens is 1. The fourth-order valence-corrected chi connectivity index (χ4v) is 2.94. The van der Waals surface area contributed by atoms with Crippen LogP contribution in [0.5, 0.6) is 0 Å². The average Bonchev–Trinajstić information content (AvgIpc) is 3.19. The molecule has 0 radical (unpaired) electrons. The average molecular weight is 383 g/mol. The van der Waals surface area contributed by atoms with Crippen molar-refractivity contribution in [1.29, 1.82) is 0 Å². The van der Waals surface area contributed by atoms with Gasteiger partial charge in [-0.1, -0.05) is 24.3 Å². The van der Waals surface area contributed by atoms with Crippen molar-refractivity contribution >= 4 is 51.2 Å². The maximum absolute atomic E-state index is 12.1. The summed E-state index contributed by atoms with van der Waals surface area (Å²) in [6.45, 7) is 1.22. The first-order valence-corrected chi connectivity index (χ1v) is 8.99. The summed E-state index contributed by atoms with van der Waals surface area (Å²) in [4.78, 5) is 39.0. The summed E-state index contributed by atoms with van der Waals surface area (Å²) in [6, 6.07) is 11.1. The largest absolute Gasteiger partial charge is 0.347 e. The number of hydrogen-bond acceptors (Lipinski definition) is 6. The Morgan fingerprint density at radius 3 is 2.70 bits per heavy atom. The van der Waals surface area contributed by atoms with Gasteiger partial charge in [0.15, 0.2) is 0 Å². The third-order valence-corrected chi connectivity index (χ3v) is 4.21. The minimum Gasteiger partial charge on any atom is -0.347 e. The van der Waals surface area contributed by atoms with Gasteiger partial charge >= 0.3 is 0 Å². The molecule has 1 aromatic heterocycles. The van der Waals surface area contributed by atoms with Crippen molar-refractivity contribution in [3.8, 4) is 0 Å². The van der Waals surface area contributed by atoms with E-state index in [1.54, 1.807) is 17.0 Å². The van der Waals surface area contributed by atoms with Gasteiger partial charge in [0.1, 0.15) is 5.69 Å². The molecule has 0 bridgehead atoms. The molecule has 3 amide bonds. The number of anilines is 2. The first-order valence-electron chi connectivity index (χ1n) is 8.04. The molecule has 0 saturated carbocycles. The second kappa shape index (κ2) is 8.28. The lowest BCUT2D eigenvalue weighted by molar-refractivity contribution is -0.122. The molecule has 4 N–H and O–H groups in total. The predicted molar refractivity (Wildman–Crippen MR) is 104 cm³/mol. The summed E-state index contributed by atoms with van der Waals surface area (Å²) in [6.07, 6.45) is 0. The standard InChI is InChI=1S/C18H17N5O3S/c1-11(24)19-8-17(25)21-15-7-13(6-12-4-2-3-5-14(12)15)22-23-18(26)16-9-27-10-20-16/h2-7,9-10,22H,8H2,1H3,(H,19,24)(H,21,25)(H,23,26). The Kier molecular flexibility index (Phi) is 5.62. The first kappa shape index (κ1) is 18.3. The van der Waals surface area contributed by atoms with Crippen LogP contribution in [-0.2, 0) is 9.59 Å².